The number of benzene rings is 1. The molecule has 0 aromatic heterocycles. The number of nitrogens with one attached hydrogen (secondary N) is 2. The van der Waals surface area contributed by atoms with E-state index < -0.39 is 5.97 Å². The van der Waals surface area contributed by atoms with Crippen molar-refractivity contribution in [3.63, 3.8) is 0 Å². The Kier molecular flexibility index (Phi) is 5.84. The molecule has 1 fully saturated rings. The van der Waals surface area contributed by atoms with Gasteiger partial charge in [0.1, 0.15) is 5.75 Å². The van der Waals surface area contributed by atoms with Crippen LogP contribution >= 0.6 is 0 Å². The van der Waals surface area contributed by atoms with Crippen LogP contribution in [0.3, 0.4) is 0 Å². The SMILES string of the molecule is CCOc1cc(C)ccc1NC(=O)NC1CCC(C(=O)O)CC1. The number of carboxylic acid groups (broad SMARTS) is 1. The Labute approximate surface area is 136 Å². The molecule has 0 radical (unpaired) electrons. The molecule has 0 saturated heterocycles. The van der Waals surface area contributed by atoms with Crippen molar-refractivity contribution in [2.45, 2.75) is 45.6 Å². The highest BCUT2D eigenvalue weighted by molar-refractivity contribution is 5.91. The Balaban J connectivity index is 1.89. The van der Waals surface area contributed by atoms with Gasteiger partial charge in [0.2, 0.25) is 0 Å². The first kappa shape index (κ1) is 17.1. The van der Waals surface area contributed by atoms with Gasteiger partial charge in [0, 0.05) is 6.04 Å². The highest BCUT2D eigenvalue weighted by Crippen LogP contribution is 2.27. The smallest absolute Gasteiger partial charge is 0.319 e. The summed E-state index contributed by atoms with van der Waals surface area (Å²) in [6.07, 6.45) is 2.59. The van der Waals surface area contributed by atoms with Crippen LogP contribution in [0, 0.1) is 12.8 Å². The molecule has 6 heteroatoms. The van der Waals surface area contributed by atoms with Gasteiger partial charge in [0.15, 0.2) is 0 Å². The van der Waals surface area contributed by atoms with Gasteiger partial charge in [-0.1, -0.05) is 6.07 Å². The normalized spacial score (nSPS) is 20.6. The van der Waals surface area contributed by atoms with Crippen LogP contribution in [-0.2, 0) is 4.79 Å². The van der Waals surface area contributed by atoms with E-state index >= 15 is 0 Å². The number of carbonyl (C=O) groups is 2. The fraction of sp³-hybridized carbons (Fsp3) is 0.529. The summed E-state index contributed by atoms with van der Waals surface area (Å²) >= 11 is 0. The van der Waals surface area contributed by atoms with Crippen molar-refractivity contribution < 1.29 is 19.4 Å². The standard InChI is InChI=1S/C17H24N2O4/c1-3-23-15-10-11(2)4-9-14(15)19-17(22)18-13-7-5-12(6-8-13)16(20)21/h4,9-10,12-13H,3,5-8H2,1-2H3,(H,20,21)(H2,18,19,22). The number of urea groups is 1. The van der Waals surface area contributed by atoms with E-state index in [-0.39, 0.29) is 18.0 Å². The summed E-state index contributed by atoms with van der Waals surface area (Å²) in [6.45, 7) is 4.39. The molecule has 1 aliphatic rings. The van der Waals surface area contributed by atoms with Crippen LogP contribution in [0.1, 0.15) is 38.2 Å². The number of amides is 2. The second kappa shape index (κ2) is 7.85. The quantitative estimate of drug-likeness (QED) is 0.777. The molecule has 0 spiro atoms. The Hall–Kier alpha value is -2.24. The van der Waals surface area contributed by atoms with E-state index in [1.54, 1.807) is 0 Å². The highest BCUT2D eigenvalue weighted by Gasteiger charge is 2.26. The summed E-state index contributed by atoms with van der Waals surface area (Å²) in [5.74, 6) is -0.371. The zero-order chi connectivity index (χ0) is 16.8. The van der Waals surface area contributed by atoms with Crippen molar-refractivity contribution >= 4 is 17.7 Å². The number of hydrogen-bond donors (Lipinski definition) is 3. The van der Waals surface area contributed by atoms with E-state index in [0.717, 1.165) is 5.56 Å². The molecule has 0 heterocycles. The van der Waals surface area contributed by atoms with E-state index in [0.29, 0.717) is 43.7 Å². The Morgan fingerprint density at radius 2 is 1.96 bits per heavy atom. The van der Waals surface area contributed by atoms with Crippen molar-refractivity contribution in [3.05, 3.63) is 23.8 Å². The average Bonchev–Trinajstić information content (AvgIpc) is 2.51. The fourth-order valence-corrected chi connectivity index (χ4v) is 2.84. The minimum atomic E-state index is -0.742. The maximum atomic E-state index is 12.1. The predicted molar refractivity (Wildman–Crippen MR) is 87.9 cm³/mol. The van der Waals surface area contributed by atoms with Crippen LogP contribution in [0.15, 0.2) is 18.2 Å². The number of aliphatic carboxylic acids is 1. The van der Waals surface area contributed by atoms with Crippen LogP contribution in [0.25, 0.3) is 0 Å². The summed E-state index contributed by atoms with van der Waals surface area (Å²) in [4.78, 5) is 23.1. The molecule has 2 rings (SSSR count). The van der Waals surface area contributed by atoms with Crippen LogP contribution in [0.4, 0.5) is 10.5 Å². The molecule has 0 atom stereocenters. The molecular weight excluding hydrogens is 296 g/mol. The molecule has 1 aromatic rings. The molecule has 0 bridgehead atoms. The second-order valence-electron chi connectivity index (χ2n) is 5.92. The summed E-state index contributed by atoms with van der Waals surface area (Å²) in [5.41, 5.74) is 1.69. The molecular formula is C17H24N2O4. The number of hydrogen-bond acceptors (Lipinski definition) is 3. The summed E-state index contributed by atoms with van der Waals surface area (Å²) in [6, 6.07) is 5.36. The van der Waals surface area contributed by atoms with E-state index in [2.05, 4.69) is 10.6 Å². The number of aryl methyl sites for hydroxylation is 1. The van der Waals surface area contributed by atoms with Gasteiger partial charge in [-0.3, -0.25) is 4.79 Å². The Bertz CT molecular complexity index is 566. The van der Waals surface area contributed by atoms with Crippen molar-refractivity contribution in [2.75, 3.05) is 11.9 Å². The second-order valence-corrected chi connectivity index (χ2v) is 5.92. The minimum Gasteiger partial charge on any atom is -0.492 e. The van der Waals surface area contributed by atoms with Crippen LogP contribution in [0.5, 0.6) is 5.75 Å². The molecule has 1 aromatic carbocycles. The number of ether oxygens (including phenoxy) is 1. The Morgan fingerprint density at radius 3 is 2.57 bits per heavy atom. The maximum Gasteiger partial charge on any atom is 0.319 e. The third kappa shape index (κ3) is 4.87. The van der Waals surface area contributed by atoms with Crippen LogP contribution < -0.4 is 15.4 Å². The minimum absolute atomic E-state index is 0.0200. The third-order valence-electron chi connectivity index (χ3n) is 4.10. The van der Waals surface area contributed by atoms with Crippen LogP contribution in [-0.4, -0.2) is 29.8 Å². The van der Waals surface area contributed by atoms with Crippen molar-refractivity contribution in [1.82, 2.24) is 5.32 Å². The summed E-state index contributed by atoms with van der Waals surface area (Å²) in [7, 11) is 0. The zero-order valence-electron chi connectivity index (χ0n) is 13.6. The molecule has 1 aliphatic carbocycles. The van der Waals surface area contributed by atoms with Gasteiger partial charge >= 0.3 is 12.0 Å². The van der Waals surface area contributed by atoms with Crippen molar-refractivity contribution in [2.24, 2.45) is 5.92 Å². The zero-order valence-corrected chi connectivity index (χ0v) is 13.6. The molecule has 6 nitrogen and oxygen atoms in total. The largest absolute Gasteiger partial charge is 0.492 e. The van der Waals surface area contributed by atoms with Gasteiger partial charge in [0.05, 0.1) is 18.2 Å². The van der Waals surface area contributed by atoms with Gasteiger partial charge in [-0.15, -0.1) is 0 Å². The number of rotatable bonds is 5. The van der Waals surface area contributed by atoms with Gasteiger partial charge in [-0.25, -0.2) is 4.79 Å². The summed E-state index contributed by atoms with van der Waals surface area (Å²) in [5, 5.41) is 14.7. The first-order valence-corrected chi connectivity index (χ1v) is 8.03. The molecule has 126 valence electrons. The van der Waals surface area contributed by atoms with Crippen molar-refractivity contribution in [1.29, 1.82) is 0 Å². The Morgan fingerprint density at radius 1 is 1.26 bits per heavy atom. The molecule has 1 saturated carbocycles. The van der Waals surface area contributed by atoms with Crippen molar-refractivity contribution in [3.8, 4) is 5.75 Å². The van der Waals surface area contributed by atoms with Crippen LogP contribution in [0.2, 0.25) is 0 Å². The molecule has 0 aliphatic heterocycles. The predicted octanol–water partition coefficient (Wildman–Crippen LogP) is 3.16. The highest BCUT2D eigenvalue weighted by atomic mass is 16.5. The third-order valence-corrected chi connectivity index (χ3v) is 4.10. The first-order valence-electron chi connectivity index (χ1n) is 8.03. The van der Waals surface area contributed by atoms with E-state index in [1.165, 1.54) is 0 Å². The van der Waals surface area contributed by atoms with Gasteiger partial charge in [-0.05, 0) is 57.2 Å². The monoisotopic (exact) mass is 320 g/mol. The average molecular weight is 320 g/mol. The van der Waals surface area contributed by atoms with E-state index in [1.807, 2.05) is 32.0 Å². The lowest BCUT2D eigenvalue weighted by Crippen LogP contribution is -2.41. The topological polar surface area (TPSA) is 87.7 Å². The lowest BCUT2D eigenvalue weighted by atomic mass is 9.86. The number of carboxylic acids is 1. The van der Waals surface area contributed by atoms with Gasteiger partial charge in [0.25, 0.3) is 0 Å². The molecule has 2 amide bonds. The molecule has 0 unspecified atom stereocenters. The van der Waals surface area contributed by atoms with Gasteiger partial charge in [-0.2, -0.15) is 0 Å². The van der Waals surface area contributed by atoms with E-state index in [4.69, 9.17) is 9.84 Å². The van der Waals surface area contributed by atoms with E-state index in [9.17, 15) is 9.59 Å². The fourth-order valence-electron chi connectivity index (χ4n) is 2.84. The summed E-state index contributed by atoms with van der Waals surface area (Å²) < 4.78 is 5.54. The first-order chi connectivity index (χ1) is 11.0. The lowest BCUT2D eigenvalue weighted by molar-refractivity contribution is -0.142. The number of carbonyl (C=O) groups excluding carboxylic acids is 1. The lowest BCUT2D eigenvalue weighted by Gasteiger charge is -2.27. The molecule has 3 N–H and O–H groups in total. The number of anilines is 1. The molecule has 23 heavy (non-hydrogen) atoms. The van der Waals surface area contributed by atoms with Gasteiger partial charge < -0.3 is 20.5 Å². The maximum absolute atomic E-state index is 12.1.